The second-order valence-corrected chi connectivity index (χ2v) is 3.30. The van der Waals surface area contributed by atoms with Gasteiger partial charge >= 0.3 is 6.09 Å². The molecular formula is C8H14N2O5. The lowest BCUT2D eigenvalue weighted by Gasteiger charge is -2.25. The highest BCUT2D eigenvalue weighted by molar-refractivity contribution is 5.85. The third kappa shape index (κ3) is 2.18. The molecule has 0 radical (unpaired) electrons. The molecule has 1 rings (SSSR count). The van der Waals surface area contributed by atoms with Gasteiger partial charge in [-0.25, -0.2) is 9.86 Å². The summed E-state index contributed by atoms with van der Waals surface area (Å²) in [4.78, 5) is 28.0. The molecule has 7 heteroatoms. The van der Waals surface area contributed by atoms with Crippen LogP contribution in [0.2, 0.25) is 0 Å². The molecule has 0 aromatic carbocycles. The van der Waals surface area contributed by atoms with E-state index in [4.69, 9.17) is 5.11 Å². The summed E-state index contributed by atoms with van der Waals surface area (Å²) in [6, 6.07) is -1.06. The first-order valence-corrected chi connectivity index (χ1v) is 4.48. The predicted octanol–water partition coefficient (Wildman–Crippen LogP) is -0.881. The monoisotopic (exact) mass is 218 g/mol. The van der Waals surface area contributed by atoms with Crippen molar-refractivity contribution in [2.75, 3.05) is 20.7 Å². The van der Waals surface area contributed by atoms with E-state index < -0.39 is 24.1 Å². The van der Waals surface area contributed by atoms with Gasteiger partial charge in [-0.15, -0.1) is 0 Å². The van der Waals surface area contributed by atoms with E-state index in [1.54, 1.807) is 0 Å². The topological polar surface area (TPSA) is 90.3 Å². The number of hydrogen-bond acceptors (Lipinski definition) is 4. The summed E-state index contributed by atoms with van der Waals surface area (Å²) in [5.74, 6) is -0.565. The van der Waals surface area contributed by atoms with E-state index in [1.165, 1.54) is 14.2 Å². The highest BCUT2D eigenvalue weighted by atomic mass is 16.7. The maximum absolute atomic E-state index is 11.6. The molecular weight excluding hydrogens is 204 g/mol. The number of rotatable bonds is 2. The molecule has 1 heterocycles. The maximum Gasteiger partial charge on any atom is 0.408 e. The Bertz CT molecular complexity index is 270. The fourth-order valence-electron chi connectivity index (χ4n) is 1.56. The van der Waals surface area contributed by atoms with Crippen molar-refractivity contribution < 1.29 is 24.6 Å². The van der Waals surface area contributed by atoms with Gasteiger partial charge in [0.15, 0.2) is 0 Å². The van der Waals surface area contributed by atoms with Crippen LogP contribution in [0.15, 0.2) is 0 Å². The number of carbonyl (C=O) groups is 2. The van der Waals surface area contributed by atoms with Crippen LogP contribution in [0.3, 0.4) is 0 Å². The minimum absolute atomic E-state index is 0.157. The second-order valence-electron chi connectivity index (χ2n) is 3.30. The van der Waals surface area contributed by atoms with E-state index in [9.17, 15) is 14.7 Å². The summed E-state index contributed by atoms with van der Waals surface area (Å²) < 4.78 is 0. The van der Waals surface area contributed by atoms with Crippen molar-refractivity contribution in [3.8, 4) is 0 Å². The van der Waals surface area contributed by atoms with E-state index in [0.29, 0.717) is 0 Å². The molecule has 15 heavy (non-hydrogen) atoms. The van der Waals surface area contributed by atoms with Crippen molar-refractivity contribution in [1.82, 2.24) is 9.96 Å². The molecule has 1 saturated heterocycles. The molecule has 1 fully saturated rings. The first-order valence-electron chi connectivity index (χ1n) is 4.48. The Morgan fingerprint density at radius 1 is 1.53 bits per heavy atom. The number of likely N-dealkylation sites (N-methyl/N-ethyl adjacent to an activating group) is 1. The van der Waals surface area contributed by atoms with Crippen LogP contribution in [0.1, 0.15) is 6.42 Å². The summed E-state index contributed by atoms with van der Waals surface area (Å²) in [5.41, 5.74) is 0. The van der Waals surface area contributed by atoms with E-state index >= 15 is 0 Å². The SMILES string of the molecule is CON(C)C(=O)[C@@H]1[C@@H](O)CCN1C(=O)O. The average Bonchev–Trinajstić information content (AvgIpc) is 2.58. The fraction of sp³-hybridized carbons (Fsp3) is 0.750. The van der Waals surface area contributed by atoms with Crippen LogP contribution in [-0.4, -0.2) is 65.0 Å². The Morgan fingerprint density at radius 2 is 2.13 bits per heavy atom. The van der Waals surface area contributed by atoms with Crippen molar-refractivity contribution in [2.45, 2.75) is 18.6 Å². The lowest BCUT2D eigenvalue weighted by atomic mass is 10.1. The van der Waals surface area contributed by atoms with Crippen LogP contribution in [0.4, 0.5) is 4.79 Å². The molecule has 86 valence electrons. The number of nitrogens with zero attached hydrogens (tertiary/aromatic N) is 2. The van der Waals surface area contributed by atoms with Gasteiger partial charge in [-0.1, -0.05) is 0 Å². The summed E-state index contributed by atoms with van der Waals surface area (Å²) in [5, 5.41) is 19.2. The summed E-state index contributed by atoms with van der Waals surface area (Å²) in [7, 11) is 2.66. The molecule has 0 unspecified atom stereocenters. The minimum atomic E-state index is -1.21. The first-order chi connectivity index (χ1) is 6.99. The minimum Gasteiger partial charge on any atom is -0.465 e. The van der Waals surface area contributed by atoms with Gasteiger partial charge in [-0.3, -0.25) is 14.5 Å². The van der Waals surface area contributed by atoms with Gasteiger partial charge in [0.25, 0.3) is 5.91 Å². The number of hydroxylamine groups is 2. The quantitative estimate of drug-likeness (QED) is 0.587. The molecule has 0 aliphatic carbocycles. The highest BCUT2D eigenvalue weighted by Crippen LogP contribution is 2.19. The van der Waals surface area contributed by atoms with E-state index in [2.05, 4.69) is 4.84 Å². The van der Waals surface area contributed by atoms with Crippen molar-refractivity contribution in [1.29, 1.82) is 0 Å². The predicted molar refractivity (Wildman–Crippen MR) is 48.9 cm³/mol. The first kappa shape index (κ1) is 11.7. The fourth-order valence-corrected chi connectivity index (χ4v) is 1.56. The highest BCUT2D eigenvalue weighted by Gasteiger charge is 2.42. The van der Waals surface area contributed by atoms with Crippen LogP contribution >= 0.6 is 0 Å². The summed E-state index contributed by atoms with van der Waals surface area (Å²) >= 11 is 0. The summed E-state index contributed by atoms with van der Waals surface area (Å²) in [6.45, 7) is 0.157. The van der Waals surface area contributed by atoms with E-state index in [0.717, 1.165) is 9.96 Å². The van der Waals surface area contributed by atoms with Gasteiger partial charge in [0.05, 0.1) is 13.2 Å². The molecule has 7 nitrogen and oxygen atoms in total. The van der Waals surface area contributed by atoms with Gasteiger partial charge in [-0.2, -0.15) is 0 Å². The van der Waals surface area contributed by atoms with Gasteiger partial charge in [-0.05, 0) is 6.42 Å². The Labute approximate surface area is 86.8 Å². The van der Waals surface area contributed by atoms with Gasteiger partial charge in [0, 0.05) is 13.6 Å². The zero-order valence-electron chi connectivity index (χ0n) is 8.58. The zero-order valence-corrected chi connectivity index (χ0v) is 8.58. The van der Waals surface area contributed by atoms with Crippen LogP contribution in [-0.2, 0) is 9.63 Å². The molecule has 1 aliphatic rings. The summed E-state index contributed by atoms with van der Waals surface area (Å²) in [6.07, 6.45) is -1.92. The molecule has 0 saturated carbocycles. The van der Waals surface area contributed by atoms with Crippen LogP contribution in [0.25, 0.3) is 0 Å². The van der Waals surface area contributed by atoms with E-state index in [-0.39, 0.29) is 13.0 Å². The van der Waals surface area contributed by atoms with Crippen LogP contribution in [0, 0.1) is 0 Å². The Kier molecular flexibility index (Phi) is 3.48. The lowest BCUT2D eigenvalue weighted by molar-refractivity contribution is -0.175. The van der Waals surface area contributed by atoms with E-state index in [1.807, 2.05) is 0 Å². The number of carboxylic acid groups (broad SMARTS) is 1. The Balaban J connectivity index is 2.80. The number of amides is 2. The molecule has 0 spiro atoms. The van der Waals surface area contributed by atoms with Crippen molar-refractivity contribution >= 4 is 12.0 Å². The Hall–Kier alpha value is -1.34. The maximum atomic E-state index is 11.6. The third-order valence-electron chi connectivity index (χ3n) is 2.45. The van der Waals surface area contributed by atoms with Crippen molar-refractivity contribution in [3.05, 3.63) is 0 Å². The van der Waals surface area contributed by atoms with Crippen molar-refractivity contribution in [3.63, 3.8) is 0 Å². The molecule has 2 atom stereocenters. The largest absolute Gasteiger partial charge is 0.465 e. The molecule has 0 bridgehead atoms. The standard InChI is InChI=1S/C8H14N2O5/c1-9(15-2)7(12)6-5(11)3-4-10(6)8(13)14/h5-6,11H,3-4H2,1-2H3,(H,13,14)/t5-,6-/m0/s1. The number of aliphatic hydroxyl groups is 1. The van der Waals surface area contributed by atoms with Crippen LogP contribution in [0.5, 0.6) is 0 Å². The normalized spacial score (nSPS) is 25.4. The molecule has 1 aliphatic heterocycles. The lowest BCUT2D eigenvalue weighted by Crippen LogP contribution is -2.50. The second kappa shape index (κ2) is 4.45. The van der Waals surface area contributed by atoms with Gasteiger partial charge < -0.3 is 10.2 Å². The smallest absolute Gasteiger partial charge is 0.408 e. The number of likely N-dealkylation sites (tertiary alicyclic amines) is 1. The molecule has 2 N–H and O–H groups in total. The van der Waals surface area contributed by atoms with Gasteiger partial charge in [0.1, 0.15) is 6.04 Å². The van der Waals surface area contributed by atoms with Crippen molar-refractivity contribution in [2.24, 2.45) is 0 Å². The third-order valence-corrected chi connectivity index (χ3v) is 2.45. The average molecular weight is 218 g/mol. The number of aliphatic hydroxyl groups excluding tert-OH is 1. The number of hydrogen-bond donors (Lipinski definition) is 2. The molecule has 2 amide bonds. The Morgan fingerprint density at radius 3 is 2.60 bits per heavy atom. The van der Waals surface area contributed by atoms with Gasteiger partial charge in [0.2, 0.25) is 0 Å². The number of carbonyl (C=O) groups excluding carboxylic acids is 1. The molecule has 0 aromatic rings. The van der Waals surface area contributed by atoms with Crippen LogP contribution < -0.4 is 0 Å². The molecule has 0 aromatic heterocycles. The zero-order chi connectivity index (χ0) is 11.6.